The molecule has 16 heavy (non-hydrogen) atoms. The van der Waals surface area contributed by atoms with Gasteiger partial charge in [-0.15, -0.1) is 0 Å². The van der Waals surface area contributed by atoms with Crippen molar-refractivity contribution in [2.45, 2.75) is 12.8 Å². The molecule has 0 aromatic carbocycles. The summed E-state index contributed by atoms with van der Waals surface area (Å²) in [5, 5.41) is 17.0. The van der Waals surface area contributed by atoms with Crippen LogP contribution >= 0.6 is 0 Å². The van der Waals surface area contributed by atoms with E-state index < -0.39 is 18.6 Å². The molecule has 0 aliphatic carbocycles. The lowest BCUT2D eigenvalue weighted by molar-refractivity contribution is -0.144. The number of likely N-dealkylation sites (tertiary alicyclic amines) is 1. The lowest BCUT2D eigenvalue weighted by atomic mass is 10.1. The molecule has 1 heterocycles. The van der Waals surface area contributed by atoms with Crippen LogP contribution in [0.1, 0.15) is 12.8 Å². The summed E-state index contributed by atoms with van der Waals surface area (Å²) in [6, 6.07) is -0.429. The maximum absolute atomic E-state index is 11.4. The Bertz CT molecular complexity index is 258. The highest BCUT2D eigenvalue weighted by Crippen LogP contribution is 2.18. The molecule has 7 nitrogen and oxygen atoms in total. The third kappa shape index (κ3) is 4.03. The summed E-state index contributed by atoms with van der Waals surface area (Å²) >= 11 is 0. The first-order valence-electron chi connectivity index (χ1n) is 5.13. The van der Waals surface area contributed by atoms with E-state index in [9.17, 15) is 9.59 Å². The molecule has 1 aliphatic rings. The van der Waals surface area contributed by atoms with Crippen molar-refractivity contribution in [1.29, 1.82) is 0 Å². The number of carboxylic acids is 1. The summed E-state index contributed by atoms with van der Waals surface area (Å²) in [5.74, 6) is -0.824. The predicted molar refractivity (Wildman–Crippen MR) is 53.5 cm³/mol. The zero-order valence-electron chi connectivity index (χ0n) is 8.89. The van der Waals surface area contributed by atoms with Crippen molar-refractivity contribution in [2.24, 2.45) is 5.92 Å². The van der Waals surface area contributed by atoms with Gasteiger partial charge < -0.3 is 15.1 Å². The van der Waals surface area contributed by atoms with Crippen LogP contribution in [0.4, 0.5) is 4.79 Å². The van der Waals surface area contributed by atoms with Crippen LogP contribution in [-0.4, -0.2) is 53.4 Å². The Morgan fingerprint density at radius 3 is 2.88 bits per heavy atom. The monoisotopic (exact) mass is 232 g/mol. The first kappa shape index (κ1) is 12.7. The molecule has 2 amide bonds. The SMILES string of the molecule is O=C(O)CONC(=O)N1CCC(CCO)C1. The van der Waals surface area contributed by atoms with E-state index in [1.54, 1.807) is 4.90 Å². The van der Waals surface area contributed by atoms with Gasteiger partial charge in [0.15, 0.2) is 6.61 Å². The topological polar surface area (TPSA) is 99.1 Å². The highest BCUT2D eigenvalue weighted by molar-refractivity contribution is 5.74. The van der Waals surface area contributed by atoms with Gasteiger partial charge in [-0.3, -0.25) is 4.84 Å². The number of carbonyl (C=O) groups is 2. The van der Waals surface area contributed by atoms with Crippen LogP contribution in [0, 0.1) is 5.92 Å². The van der Waals surface area contributed by atoms with E-state index in [4.69, 9.17) is 10.2 Å². The molecule has 0 spiro atoms. The summed E-state index contributed by atoms with van der Waals surface area (Å²) < 4.78 is 0. The number of nitrogens with zero attached hydrogens (tertiary/aromatic N) is 1. The predicted octanol–water partition coefficient (Wildman–Crippen LogP) is -0.584. The van der Waals surface area contributed by atoms with E-state index in [1.807, 2.05) is 0 Å². The van der Waals surface area contributed by atoms with Crippen molar-refractivity contribution in [3.05, 3.63) is 0 Å². The average Bonchev–Trinajstić information content (AvgIpc) is 2.66. The molecule has 0 bridgehead atoms. The van der Waals surface area contributed by atoms with Gasteiger partial charge in [0, 0.05) is 19.7 Å². The van der Waals surface area contributed by atoms with E-state index in [2.05, 4.69) is 10.3 Å². The van der Waals surface area contributed by atoms with Crippen LogP contribution in [0.25, 0.3) is 0 Å². The summed E-state index contributed by atoms with van der Waals surface area (Å²) in [4.78, 5) is 27.6. The molecule has 1 aliphatic heterocycles. The van der Waals surface area contributed by atoms with E-state index in [0.717, 1.165) is 6.42 Å². The van der Waals surface area contributed by atoms with Gasteiger partial charge >= 0.3 is 12.0 Å². The van der Waals surface area contributed by atoms with Crippen LogP contribution in [0.2, 0.25) is 0 Å². The minimum Gasteiger partial charge on any atom is -0.479 e. The Balaban J connectivity index is 2.20. The number of hydroxylamine groups is 1. The Hall–Kier alpha value is -1.34. The standard InChI is InChI=1S/C9H16N2O5/c12-4-2-7-1-3-11(5-7)9(15)10-16-6-8(13)14/h7,12H,1-6H2,(H,10,15)(H,13,14). The maximum Gasteiger partial charge on any atom is 0.341 e. The van der Waals surface area contributed by atoms with Crippen molar-refractivity contribution in [3.8, 4) is 0 Å². The normalized spacial score (nSPS) is 19.8. The highest BCUT2D eigenvalue weighted by Gasteiger charge is 2.25. The molecule has 0 aromatic rings. The third-order valence-electron chi connectivity index (χ3n) is 2.47. The molecule has 1 rings (SSSR count). The number of carbonyl (C=O) groups excluding carboxylic acids is 1. The molecular formula is C9H16N2O5. The minimum atomic E-state index is -1.14. The Morgan fingerprint density at radius 1 is 1.50 bits per heavy atom. The molecule has 3 N–H and O–H groups in total. The van der Waals surface area contributed by atoms with Crippen molar-refractivity contribution in [1.82, 2.24) is 10.4 Å². The second-order valence-electron chi connectivity index (χ2n) is 3.70. The van der Waals surface area contributed by atoms with Crippen molar-refractivity contribution >= 4 is 12.0 Å². The smallest absolute Gasteiger partial charge is 0.341 e. The number of nitrogens with one attached hydrogen (secondary N) is 1. The summed E-state index contributed by atoms with van der Waals surface area (Å²) in [7, 11) is 0. The van der Waals surface area contributed by atoms with Crippen molar-refractivity contribution < 1.29 is 24.6 Å². The van der Waals surface area contributed by atoms with E-state index in [1.165, 1.54) is 0 Å². The number of aliphatic hydroxyl groups is 1. The fourth-order valence-corrected chi connectivity index (χ4v) is 1.66. The van der Waals surface area contributed by atoms with Crippen molar-refractivity contribution in [2.75, 3.05) is 26.3 Å². The van der Waals surface area contributed by atoms with Crippen LogP contribution < -0.4 is 5.48 Å². The zero-order valence-corrected chi connectivity index (χ0v) is 8.89. The van der Waals surface area contributed by atoms with Gasteiger partial charge in [0.25, 0.3) is 0 Å². The quantitative estimate of drug-likeness (QED) is 0.550. The Morgan fingerprint density at radius 2 is 2.25 bits per heavy atom. The molecule has 7 heteroatoms. The second-order valence-corrected chi connectivity index (χ2v) is 3.70. The number of urea groups is 1. The van der Waals surface area contributed by atoms with Gasteiger partial charge in [0.2, 0.25) is 0 Å². The lowest BCUT2D eigenvalue weighted by Gasteiger charge is -2.16. The van der Waals surface area contributed by atoms with Crippen LogP contribution in [0.5, 0.6) is 0 Å². The number of hydrogen-bond donors (Lipinski definition) is 3. The molecular weight excluding hydrogens is 216 g/mol. The molecule has 0 radical (unpaired) electrons. The molecule has 1 fully saturated rings. The van der Waals surface area contributed by atoms with Gasteiger partial charge in [0.1, 0.15) is 0 Å². The fourth-order valence-electron chi connectivity index (χ4n) is 1.66. The Kier molecular flexibility index (Phi) is 5.00. The summed E-state index contributed by atoms with van der Waals surface area (Å²) in [6.45, 7) is 0.741. The number of rotatable bonds is 5. The van der Waals surface area contributed by atoms with E-state index >= 15 is 0 Å². The molecule has 1 unspecified atom stereocenters. The number of aliphatic carboxylic acids is 1. The lowest BCUT2D eigenvalue weighted by Crippen LogP contribution is -2.39. The van der Waals surface area contributed by atoms with Gasteiger partial charge in [-0.2, -0.15) is 0 Å². The molecule has 1 atom stereocenters. The van der Waals surface area contributed by atoms with Crippen LogP contribution in [-0.2, 0) is 9.63 Å². The minimum absolute atomic E-state index is 0.121. The molecule has 92 valence electrons. The van der Waals surface area contributed by atoms with Gasteiger partial charge in [-0.25, -0.2) is 15.1 Å². The number of amides is 2. The third-order valence-corrected chi connectivity index (χ3v) is 2.47. The van der Waals surface area contributed by atoms with E-state index in [-0.39, 0.29) is 6.61 Å². The largest absolute Gasteiger partial charge is 0.479 e. The first-order chi connectivity index (χ1) is 7.63. The van der Waals surface area contributed by atoms with Crippen LogP contribution in [0.15, 0.2) is 0 Å². The summed E-state index contributed by atoms with van der Waals surface area (Å²) in [5.41, 5.74) is 2.06. The van der Waals surface area contributed by atoms with Gasteiger partial charge in [-0.1, -0.05) is 0 Å². The van der Waals surface area contributed by atoms with Gasteiger partial charge in [0.05, 0.1) is 0 Å². The number of carboxylic acid groups (broad SMARTS) is 1. The fraction of sp³-hybridized carbons (Fsp3) is 0.778. The second kappa shape index (κ2) is 6.29. The maximum atomic E-state index is 11.4. The Labute approximate surface area is 92.9 Å². The highest BCUT2D eigenvalue weighted by atomic mass is 16.7. The number of aliphatic hydroxyl groups excluding tert-OH is 1. The number of hydrogen-bond acceptors (Lipinski definition) is 4. The average molecular weight is 232 g/mol. The molecule has 0 aromatic heterocycles. The van der Waals surface area contributed by atoms with Crippen LogP contribution in [0.3, 0.4) is 0 Å². The summed E-state index contributed by atoms with van der Waals surface area (Å²) in [6.07, 6.45) is 1.53. The first-order valence-corrected chi connectivity index (χ1v) is 5.13. The molecule has 1 saturated heterocycles. The molecule has 0 saturated carbocycles. The van der Waals surface area contributed by atoms with Gasteiger partial charge in [-0.05, 0) is 18.8 Å². The van der Waals surface area contributed by atoms with E-state index in [0.29, 0.717) is 25.4 Å². The van der Waals surface area contributed by atoms with Crippen molar-refractivity contribution in [3.63, 3.8) is 0 Å². The zero-order chi connectivity index (χ0) is 12.0.